The fourth-order valence-corrected chi connectivity index (χ4v) is 5.84. The summed E-state index contributed by atoms with van der Waals surface area (Å²) in [5, 5.41) is 2.78. The molecule has 0 saturated carbocycles. The van der Waals surface area contributed by atoms with E-state index in [0.29, 0.717) is 35.7 Å². The molecule has 2 heterocycles. The van der Waals surface area contributed by atoms with Crippen LogP contribution < -0.4 is 14.8 Å². The van der Waals surface area contributed by atoms with E-state index in [0.717, 1.165) is 12.0 Å². The smallest absolute Gasteiger partial charge is 0.243 e. The number of carbonyl (C=O) groups is 1. The quantitative estimate of drug-likeness (QED) is 0.809. The van der Waals surface area contributed by atoms with E-state index >= 15 is 0 Å². The maximum Gasteiger partial charge on any atom is 0.243 e. The molecule has 2 atom stereocenters. The fraction of sp³-hybridized carbons (Fsp3) is 0.381. The van der Waals surface area contributed by atoms with Crippen molar-refractivity contribution in [3.63, 3.8) is 0 Å². The van der Waals surface area contributed by atoms with E-state index < -0.39 is 10.0 Å². The zero-order chi connectivity index (χ0) is 20.8. The number of rotatable bonds is 5. The third kappa shape index (κ3) is 3.26. The average Bonchev–Trinajstić information content (AvgIpc) is 3.33. The normalized spacial score (nSPS) is 21.7. The lowest BCUT2D eigenvalue weighted by atomic mass is 10.0. The second kappa shape index (κ2) is 7.35. The molecule has 1 N–H and O–H groups in total. The average molecular weight is 416 g/mol. The Morgan fingerprint density at radius 1 is 1.07 bits per heavy atom. The predicted molar refractivity (Wildman–Crippen MR) is 109 cm³/mol. The van der Waals surface area contributed by atoms with Gasteiger partial charge in [0.2, 0.25) is 15.9 Å². The standard InChI is InChI=1S/C21H24N2O5S/c1-13-16-12-15(7-8-18(16)22-21(13)24)29(25,26)23-10-4-5-19(23)17-11-14(27-2)6-9-20(17)28-3/h6-9,11-13,19H,4-5,10H2,1-3H3,(H,22,24)/t13-,19+/m0/s1. The van der Waals surface area contributed by atoms with Crippen LogP contribution in [0.1, 0.15) is 42.9 Å². The largest absolute Gasteiger partial charge is 0.497 e. The molecule has 0 bridgehead atoms. The summed E-state index contributed by atoms with van der Waals surface area (Å²) in [6, 6.07) is 9.94. The van der Waals surface area contributed by atoms with Gasteiger partial charge in [0.1, 0.15) is 11.5 Å². The van der Waals surface area contributed by atoms with E-state index in [1.807, 2.05) is 6.07 Å². The van der Waals surface area contributed by atoms with Crippen LogP contribution in [0.3, 0.4) is 0 Å². The minimum Gasteiger partial charge on any atom is -0.497 e. The van der Waals surface area contributed by atoms with Crippen molar-refractivity contribution in [3.8, 4) is 11.5 Å². The van der Waals surface area contributed by atoms with E-state index in [2.05, 4.69) is 5.32 Å². The number of anilines is 1. The van der Waals surface area contributed by atoms with Crippen LogP contribution in [0.25, 0.3) is 0 Å². The van der Waals surface area contributed by atoms with Crippen LogP contribution in [-0.4, -0.2) is 39.4 Å². The molecule has 0 unspecified atom stereocenters. The minimum absolute atomic E-state index is 0.116. The number of fused-ring (bicyclic) bond motifs is 1. The molecule has 2 aliphatic heterocycles. The molecule has 4 rings (SSSR count). The predicted octanol–water partition coefficient (Wildman–Crippen LogP) is 3.29. The number of ether oxygens (including phenoxy) is 2. The van der Waals surface area contributed by atoms with Gasteiger partial charge in [0, 0.05) is 17.8 Å². The molecule has 1 amide bonds. The SMILES string of the molecule is COc1ccc(OC)c([C@H]2CCCN2S(=O)(=O)c2ccc3c(c2)[C@H](C)C(=O)N3)c1. The number of nitrogens with one attached hydrogen (secondary N) is 1. The number of nitrogens with zero attached hydrogens (tertiary/aromatic N) is 1. The van der Waals surface area contributed by atoms with E-state index in [-0.39, 0.29) is 22.8 Å². The van der Waals surface area contributed by atoms with Gasteiger partial charge in [-0.2, -0.15) is 4.31 Å². The van der Waals surface area contributed by atoms with Gasteiger partial charge in [-0.3, -0.25) is 4.79 Å². The Balaban J connectivity index is 1.74. The molecular weight excluding hydrogens is 392 g/mol. The Hall–Kier alpha value is -2.58. The van der Waals surface area contributed by atoms with Crippen molar-refractivity contribution >= 4 is 21.6 Å². The third-order valence-electron chi connectivity index (χ3n) is 5.75. The minimum atomic E-state index is -3.75. The highest BCUT2D eigenvalue weighted by Gasteiger charge is 2.38. The molecule has 2 aromatic carbocycles. The van der Waals surface area contributed by atoms with Crippen LogP contribution in [0.5, 0.6) is 11.5 Å². The van der Waals surface area contributed by atoms with Gasteiger partial charge in [0.15, 0.2) is 0 Å². The molecule has 7 nitrogen and oxygen atoms in total. The molecule has 0 aliphatic carbocycles. The van der Waals surface area contributed by atoms with E-state index in [1.165, 1.54) is 4.31 Å². The Kier molecular flexibility index (Phi) is 5.00. The molecule has 0 spiro atoms. The van der Waals surface area contributed by atoms with Crippen molar-refractivity contribution in [2.75, 3.05) is 26.1 Å². The monoisotopic (exact) mass is 416 g/mol. The topological polar surface area (TPSA) is 84.9 Å². The Bertz CT molecular complexity index is 1070. The molecule has 2 aromatic rings. The molecule has 0 aromatic heterocycles. The Morgan fingerprint density at radius 2 is 1.86 bits per heavy atom. The Morgan fingerprint density at radius 3 is 2.59 bits per heavy atom. The first-order valence-corrected chi connectivity index (χ1v) is 11.0. The summed E-state index contributed by atoms with van der Waals surface area (Å²) in [4.78, 5) is 12.1. The van der Waals surface area contributed by atoms with E-state index in [4.69, 9.17) is 9.47 Å². The van der Waals surface area contributed by atoms with Crippen LogP contribution >= 0.6 is 0 Å². The van der Waals surface area contributed by atoms with Crippen molar-refractivity contribution in [2.45, 2.75) is 36.6 Å². The number of benzene rings is 2. The summed E-state index contributed by atoms with van der Waals surface area (Å²) in [5.74, 6) is 0.805. The number of hydrogen-bond acceptors (Lipinski definition) is 5. The van der Waals surface area contributed by atoms with Gasteiger partial charge in [-0.05, 0) is 61.7 Å². The van der Waals surface area contributed by atoms with Crippen LogP contribution in [0.4, 0.5) is 5.69 Å². The molecule has 29 heavy (non-hydrogen) atoms. The van der Waals surface area contributed by atoms with Crippen LogP contribution in [0, 0.1) is 0 Å². The first-order chi connectivity index (χ1) is 13.9. The lowest BCUT2D eigenvalue weighted by Crippen LogP contribution is -2.31. The van der Waals surface area contributed by atoms with Gasteiger partial charge in [-0.15, -0.1) is 0 Å². The van der Waals surface area contributed by atoms with E-state index in [9.17, 15) is 13.2 Å². The molecule has 2 aliphatic rings. The van der Waals surface area contributed by atoms with Crippen molar-refractivity contribution in [1.29, 1.82) is 0 Å². The van der Waals surface area contributed by atoms with Gasteiger partial charge >= 0.3 is 0 Å². The number of hydrogen-bond donors (Lipinski definition) is 1. The van der Waals surface area contributed by atoms with E-state index in [1.54, 1.807) is 51.5 Å². The molecule has 1 fully saturated rings. The summed E-state index contributed by atoms with van der Waals surface area (Å²) < 4.78 is 39.4. The van der Waals surface area contributed by atoms with Crippen LogP contribution in [-0.2, 0) is 14.8 Å². The van der Waals surface area contributed by atoms with Crippen molar-refractivity contribution < 1.29 is 22.7 Å². The fourth-order valence-electron chi connectivity index (χ4n) is 4.13. The zero-order valence-corrected chi connectivity index (χ0v) is 17.5. The molecule has 1 saturated heterocycles. The number of amides is 1. The second-order valence-corrected chi connectivity index (χ2v) is 9.23. The van der Waals surface area contributed by atoms with Gasteiger partial charge in [-0.25, -0.2) is 8.42 Å². The number of carbonyl (C=O) groups excluding carboxylic acids is 1. The zero-order valence-electron chi connectivity index (χ0n) is 16.6. The number of sulfonamides is 1. The number of methoxy groups -OCH3 is 2. The lowest BCUT2D eigenvalue weighted by molar-refractivity contribution is -0.116. The van der Waals surface area contributed by atoms with Crippen LogP contribution in [0.15, 0.2) is 41.3 Å². The highest BCUT2D eigenvalue weighted by atomic mass is 32.2. The maximum atomic E-state index is 13.5. The van der Waals surface area contributed by atoms with Gasteiger partial charge in [0.05, 0.1) is 31.1 Å². The molecule has 8 heteroatoms. The first kappa shape index (κ1) is 19.7. The summed E-state index contributed by atoms with van der Waals surface area (Å²) >= 11 is 0. The maximum absolute atomic E-state index is 13.5. The summed E-state index contributed by atoms with van der Waals surface area (Å²) in [6.45, 7) is 2.20. The van der Waals surface area contributed by atoms with Crippen LogP contribution in [0.2, 0.25) is 0 Å². The van der Waals surface area contributed by atoms with Crippen molar-refractivity contribution in [3.05, 3.63) is 47.5 Å². The molecular formula is C21H24N2O5S. The third-order valence-corrected chi connectivity index (χ3v) is 7.65. The van der Waals surface area contributed by atoms with Crippen molar-refractivity contribution in [2.24, 2.45) is 0 Å². The highest BCUT2D eigenvalue weighted by Crippen LogP contribution is 2.42. The second-order valence-electron chi connectivity index (χ2n) is 7.34. The van der Waals surface area contributed by atoms with Gasteiger partial charge < -0.3 is 14.8 Å². The summed E-state index contributed by atoms with van der Waals surface area (Å²) in [6.07, 6.45) is 1.45. The van der Waals surface area contributed by atoms with Gasteiger partial charge in [0.25, 0.3) is 0 Å². The van der Waals surface area contributed by atoms with Crippen molar-refractivity contribution in [1.82, 2.24) is 4.31 Å². The van der Waals surface area contributed by atoms with Gasteiger partial charge in [-0.1, -0.05) is 0 Å². The first-order valence-electron chi connectivity index (χ1n) is 9.55. The lowest BCUT2D eigenvalue weighted by Gasteiger charge is -2.26. The Labute approximate surface area is 170 Å². The molecule has 154 valence electrons. The summed E-state index contributed by atoms with van der Waals surface area (Å²) in [5.41, 5.74) is 2.18. The molecule has 0 radical (unpaired) electrons. The highest BCUT2D eigenvalue weighted by molar-refractivity contribution is 7.89. The summed E-state index contributed by atoms with van der Waals surface area (Å²) in [7, 11) is -0.592.